The summed E-state index contributed by atoms with van der Waals surface area (Å²) in [6.07, 6.45) is 5.58. The molecule has 2 heterocycles. The van der Waals surface area contributed by atoms with Crippen molar-refractivity contribution >= 4 is 5.96 Å². The number of hydrogen-bond donors (Lipinski definition) is 2. The second-order valence-corrected chi connectivity index (χ2v) is 7.19. The number of methoxy groups -OCH3 is 1. The van der Waals surface area contributed by atoms with Crippen LogP contribution in [-0.4, -0.2) is 44.7 Å². The van der Waals surface area contributed by atoms with E-state index in [2.05, 4.69) is 50.9 Å². The number of nitrogens with zero attached hydrogens (tertiary/aromatic N) is 2. The highest BCUT2D eigenvalue weighted by molar-refractivity contribution is 5.79. The van der Waals surface area contributed by atoms with E-state index in [1.165, 1.54) is 30.4 Å². The number of likely N-dealkylation sites (tertiary alicyclic amines) is 1. The first-order valence-electron chi connectivity index (χ1n) is 10.1. The van der Waals surface area contributed by atoms with Crippen LogP contribution >= 0.6 is 0 Å². The van der Waals surface area contributed by atoms with Gasteiger partial charge in [0.15, 0.2) is 5.96 Å². The summed E-state index contributed by atoms with van der Waals surface area (Å²) in [6, 6.07) is 12.7. The van der Waals surface area contributed by atoms with Crippen LogP contribution in [0, 0.1) is 0 Å². The molecular weight excluding hydrogens is 352 g/mol. The highest BCUT2D eigenvalue weighted by Crippen LogP contribution is 2.24. The summed E-state index contributed by atoms with van der Waals surface area (Å²) in [4.78, 5) is 6.89. The van der Waals surface area contributed by atoms with Gasteiger partial charge in [-0.25, -0.2) is 0 Å². The minimum atomic E-state index is 0.221. The van der Waals surface area contributed by atoms with E-state index in [-0.39, 0.29) is 6.04 Å². The lowest BCUT2D eigenvalue weighted by Crippen LogP contribution is -2.44. The van der Waals surface area contributed by atoms with Crippen LogP contribution in [0.1, 0.15) is 42.2 Å². The van der Waals surface area contributed by atoms with Crippen molar-refractivity contribution in [3.05, 3.63) is 59.5 Å². The van der Waals surface area contributed by atoms with E-state index in [0.717, 1.165) is 31.4 Å². The van der Waals surface area contributed by atoms with E-state index >= 15 is 0 Å². The maximum Gasteiger partial charge on any atom is 0.191 e. The summed E-state index contributed by atoms with van der Waals surface area (Å²) >= 11 is 0. The van der Waals surface area contributed by atoms with Crippen LogP contribution in [0.4, 0.5) is 0 Å². The Balaban J connectivity index is 1.56. The van der Waals surface area contributed by atoms with Crippen LogP contribution in [0.25, 0.3) is 0 Å². The zero-order chi connectivity index (χ0) is 19.6. The quantitative estimate of drug-likeness (QED) is 0.540. The maximum atomic E-state index is 5.73. The molecular formula is C22H32N4O2. The zero-order valence-corrected chi connectivity index (χ0v) is 17.0. The van der Waals surface area contributed by atoms with E-state index in [9.17, 15) is 0 Å². The van der Waals surface area contributed by atoms with Gasteiger partial charge >= 0.3 is 0 Å². The second kappa shape index (κ2) is 10.9. The highest BCUT2D eigenvalue weighted by Gasteiger charge is 2.24. The average molecular weight is 385 g/mol. The van der Waals surface area contributed by atoms with Crippen LogP contribution < -0.4 is 10.6 Å². The fraction of sp³-hybridized carbons (Fsp3) is 0.500. The Morgan fingerprint density at radius 2 is 1.96 bits per heavy atom. The van der Waals surface area contributed by atoms with Crippen molar-refractivity contribution in [2.45, 2.75) is 38.5 Å². The minimum Gasteiger partial charge on any atom is -0.468 e. The Hall–Kier alpha value is -2.31. The number of benzene rings is 1. The predicted molar refractivity (Wildman–Crippen MR) is 112 cm³/mol. The summed E-state index contributed by atoms with van der Waals surface area (Å²) < 4.78 is 10.9. The zero-order valence-electron chi connectivity index (χ0n) is 17.0. The summed E-state index contributed by atoms with van der Waals surface area (Å²) in [5.41, 5.74) is 2.38. The summed E-state index contributed by atoms with van der Waals surface area (Å²) in [5.74, 6) is 1.81. The summed E-state index contributed by atoms with van der Waals surface area (Å²) in [6.45, 7) is 4.33. The largest absolute Gasteiger partial charge is 0.468 e. The molecule has 2 aromatic rings. The third-order valence-electron chi connectivity index (χ3n) is 5.15. The monoisotopic (exact) mass is 384 g/mol. The number of nitrogens with one attached hydrogen (secondary N) is 2. The van der Waals surface area contributed by atoms with Gasteiger partial charge in [0.1, 0.15) is 5.76 Å². The number of piperidine rings is 1. The van der Waals surface area contributed by atoms with Crippen LogP contribution in [0.15, 0.2) is 52.1 Å². The molecule has 28 heavy (non-hydrogen) atoms. The number of rotatable bonds is 8. The van der Waals surface area contributed by atoms with Gasteiger partial charge in [0, 0.05) is 27.2 Å². The molecule has 0 bridgehead atoms. The van der Waals surface area contributed by atoms with Gasteiger partial charge in [0.25, 0.3) is 0 Å². The number of ether oxygens (including phenoxy) is 1. The predicted octanol–water partition coefficient (Wildman–Crippen LogP) is 3.32. The lowest BCUT2D eigenvalue weighted by atomic mass is 10.1. The fourth-order valence-corrected chi connectivity index (χ4v) is 3.72. The highest BCUT2D eigenvalue weighted by atomic mass is 16.5. The molecule has 1 fully saturated rings. The van der Waals surface area contributed by atoms with Crippen LogP contribution in [0.3, 0.4) is 0 Å². The van der Waals surface area contributed by atoms with E-state index in [1.807, 2.05) is 6.07 Å². The van der Waals surface area contributed by atoms with Gasteiger partial charge in [0.05, 0.1) is 18.9 Å². The van der Waals surface area contributed by atoms with Crippen molar-refractivity contribution in [2.75, 3.05) is 33.8 Å². The van der Waals surface area contributed by atoms with E-state index in [0.29, 0.717) is 13.2 Å². The van der Waals surface area contributed by atoms with Crippen molar-refractivity contribution in [1.82, 2.24) is 15.5 Å². The van der Waals surface area contributed by atoms with Gasteiger partial charge in [-0.3, -0.25) is 9.89 Å². The van der Waals surface area contributed by atoms with Gasteiger partial charge in [-0.05, 0) is 49.2 Å². The van der Waals surface area contributed by atoms with Gasteiger partial charge in [-0.1, -0.05) is 30.7 Å². The molecule has 2 N–H and O–H groups in total. The summed E-state index contributed by atoms with van der Waals surface area (Å²) in [7, 11) is 3.52. The molecule has 0 spiro atoms. The molecule has 1 aliphatic heterocycles. The Morgan fingerprint density at radius 1 is 1.14 bits per heavy atom. The van der Waals surface area contributed by atoms with Crippen molar-refractivity contribution in [1.29, 1.82) is 0 Å². The Labute approximate surface area is 168 Å². The van der Waals surface area contributed by atoms with Gasteiger partial charge in [-0.2, -0.15) is 0 Å². The number of aliphatic imine (C=N–C) groups is 1. The lowest BCUT2D eigenvalue weighted by Gasteiger charge is -2.33. The van der Waals surface area contributed by atoms with Crippen molar-refractivity contribution < 1.29 is 9.15 Å². The van der Waals surface area contributed by atoms with Crippen LogP contribution in [0.5, 0.6) is 0 Å². The standard InChI is InChI=1S/C22H32N4O2/c1-23-22(24-15-18-8-6-9-19(14-18)17-27-2)25-16-20(21-10-7-13-28-21)26-11-4-3-5-12-26/h6-10,13-14,20H,3-5,11-12,15-17H2,1-2H3,(H2,23,24,25). The molecule has 1 aliphatic rings. The Bertz CT molecular complexity index is 724. The maximum absolute atomic E-state index is 5.73. The lowest BCUT2D eigenvalue weighted by molar-refractivity contribution is 0.146. The average Bonchev–Trinajstić information content (AvgIpc) is 3.26. The van der Waals surface area contributed by atoms with Crippen LogP contribution in [0.2, 0.25) is 0 Å². The minimum absolute atomic E-state index is 0.221. The first-order chi connectivity index (χ1) is 13.8. The molecule has 1 atom stereocenters. The van der Waals surface area contributed by atoms with E-state index < -0.39 is 0 Å². The number of guanidine groups is 1. The molecule has 1 aromatic carbocycles. The molecule has 152 valence electrons. The van der Waals surface area contributed by atoms with Crippen molar-refractivity contribution in [2.24, 2.45) is 4.99 Å². The van der Waals surface area contributed by atoms with Gasteiger partial charge < -0.3 is 19.8 Å². The van der Waals surface area contributed by atoms with Gasteiger partial charge in [-0.15, -0.1) is 0 Å². The first-order valence-corrected chi connectivity index (χ1v) is 10.1. The Kier molecular flexibility index (Phi) is 7.94. The summed E-state index contributed by atoms with van der Waals surface area (Å²) in [5, 5.41) is 6.89. The molecule has 1 aromatic heterocycles. The third kappa shape index (κ3) is 5.84. The topological polar surface area (TPSA) is 62.0 Å². The van der Waals surface area contributed by atoms with Gasteiger partial charge in [0.2, 0.25) is 0 Å². The van der Waals surface area contributed by atoms with E-state index in [4.69, 9.17) is 9.15 Å². The molecule has 0 amide bonds. The molecule has 0 saturated carbocycles. The van der Waals surface area contributed by atoms with E-state index in [1.54, 1.807) is 20.4 Å². The second-order valence-electron chi connectivity index (χ2n) is 7.19. The van der Waals surface area contributed by atoms with Crippen LogP contribution in [-0.2, 0) is 17.9 Å². The molecule has 3 rings (SSSR count). The molecule has 6 heteroatoms. The number of hydrogen-bond acceptors (Lipinski definition) is 4. The first kappa shape index (κ1) is 20.4. The molecule has 6 nitrogen and oxygen atoms in total. The number of furan rings is 1. The molecule has 1 saturated heterocycles. The SMILES string of the molecule is CN=C(NCc1cccc(COC)c1)NCC(c1ccco1)N1CCCCC1. The smallest absolute Gasteiger partial charge is 0.191 e. The van der Waals surface area contributed by atoms with Crippen molar-refractivity contribution in [3.8, 4) is 0 Å². The fourth-order valence-electron chi connectivity index (χ4n) is 3.72. The van der Waals surface area contributed by atoms with Crippen molar-refractivity contribution in [3.63, 3.8) is 0 Å². The Morgan fingerprint density at radius 3 is 2.68 bits per heavy atom. The molecule has 0 radical (unpaired) electrons. The normalized spacial score (nSPS) is 16.7. The third-order valence-corrected chi connectivity index (χ3v) is 5.15. The molecule has 1 unspecified atom stereocenters. The molecule has 0 aliphatic carbocycles.